The number of nitrogens with one attached hydrogen (secondary N) is 1. The third-order valence-corrected chi connectivity index (χ3v) is 5.89. The van der Waals surface area contributed by atoms with E-state index >= 15 is 0 Å². The van der Waals surface area contributed by atoms with Crippen LogP contribution in [0.15, 0.2) is 42.7 Å². The van der Waals surface area contributed by atoms with Gasteiger partial charge in [0, 0.05) is 12.6 Å². The van der Waals surface area contributed by atoms with E-state index in [0.29, 0.717) is 6.04 Å². The van der Waals surface area contributed by atoms with Crippen LogP contribution in [0.25, 0.3) is 5.57 Å². The summed E-state index contributed by atoms with van der Waals surface area (Å²) in [7, 11) is 0. The maximum Gasteiger partial charge on any atom is 0.318 e. The van der Waals surface area contributed by atoms with Gasteiger partial charge in [0.1, 0.15) is 12.2 Å². The van der Waals surface area contributed by atoms with Gasteiger partial charge < -0.3 is 10.2 Å². The fraction of sp³-hybridized carbons (Fsp3) is 0.450. The Balaban J connectivity index is 1.34. The molecular formula is C20H23N5O. The molecule has 5 rings (SSSR count). The fourth-order valence-corrected chi connectivity index (χ4v) is 4.66. The molecule has 134 valence electrons. The van der Waals surface area contributed by atoms with Gasteiger partial charge in [-0.1, -0.05) is 36.4 Å². The first-order valence-electron chi connectivity index (χ1n) is 9.52. The Morgan fingerprint density at radius 1 is 1.15 bits per heavy atom. The predicted octanol–water partition coefficient (Wildman–Crippen LogP) is 3.14. The first-order chi connectivity index (χ1) is 12.8. The molecule has 26 heavy (non-hydrogen) atoms. The largest absolute Gasteiger partial charge is 0.328 e. The SMILES string of the molecule is O=C(N[C@H]1CCCn2ncnc21)N1[C@@H]2CC[C@@H]1C=C(c1ccccc1)C2. The van der Waals surface area contributed by atoms with Crippen molar-refractivity contribution < 1.29 is 4.79 Å². The second-order valence-corrected chi connectivity index (χ2v) is 7.45. The molecule has 1 saturated heterocycles. The van der Waals surface area contributed by atoms with E-state index in [1.165, 1.54) is 11.1 Å². The number of aryl methyl sites for hydroxylation is 1. The van der Waals surface area contributed by atoms with Crippen molar-refractivity contribution in [1.29, 1.82) is 0 Å². The van der Waals surface area contributed by atoms with Gasteiger partial charge in [-0.15, -0.1) is 0 Å². The average Bonchev–Trinajstić information content (AvgIpc) is 3.25. The van der Waals surface area contributed by atoms with Gasteiger partial charge in [-0.25, -0.2) is 14.5 Å². The molecule has 1 N–H and O–H groups in total. The summed E-state index contributed by atoms with van der Waals surface area (Å²) in [5, 5.41) is 7.46. The minimum Gasteiger partial charge on any atom is -0.328 e. The van der Waals surface area contributed by atoms with E-state index in [1.54, 1.807) is 6.33 Å². The molecule has 1 aromatic heterocycles. The molecule has 0 spiro atoms. The zero-order valence-corrected chi connectivity index (χ0v) is 14.7. The standard InChI is InChI=1S/C20H23N5O/c26-20(23-18-7-4-10-24-19(18)21-13-22-24)25-16-8-9-17(25)12-15(11-16)14-5-2-1-3-6-14/h1-3,5-6,11,13,16-18H,4,7-10,12H2,(H,23,26)/t16-,17-,18+/m1/s1. The van der Waals surface area contributed by atoms with Gasteiger partial charge in [0.2, 0.25) is 0 Å². The van der Waals surface area contributed by atoms with Crippen molar-refractivity contribution >= 4 is 11.6 Å². The van der Waals surface area contributed by atoms with Crippen LogP contribution in [0.3, 0.4) is 0 Å². The van der Waals surface area contributed by atoms with Crippen LogP contribution in [0, 0.1) is 0 Å². The monoisotopic (exact) mass is 349 g/mol. The van der Waals surface area contributed by atoms with E-state index < -0.39 is 0 Å². The Hall–Kier alpha value is -2.63. The normalized spacial score (nSPS) is 27.0. The van der Waals surface area contributed by atoms with Crippen LogP contribution < -0.4 is 5.32 Å². The Bertz CT molecular complexity index is 843. The fourth-order valence-electron chi connectivity index (χ4n) is 4.66. The number of nitrogens with zero attached hydrogens (tertiary/aromatic N) is 4. The second kappa shape index (κ2) is 6.27. The highest BCUT2D eigenvalue weighted by molar-refractivity contribution is 5.79. The van der Waals surface area contributed by atoms with E-state index in [0.717, 1.165) is 44.5 Å². The van der Waals surface area contributed by atoms with Gasteiger partial charge in [0.15, 0.2) is 0 Å². The molecule has 2 amide bonds. The number of rotatable bonds is 2. The van der Waals surface area contributed by atoms with Gasteiger partial charge in [-0.2, -0.15) is 5.10 Å². The zero-order chi connectivity index (χ0) is 17.5. The Morgan fingerprint density at radius 3 is 2.88 bits per heavy atom. The van der Waals surface area contributed by atoms with Crippen LogP contribution in [0.5, 0.6) is 0 Å². The average molecular weight is 349 g/mol. The molecule has 1 fully saturated rings. The first-order valence-corrected chi connectivity index (χ1v) is 9.52. The lowest BCUT2D eigenvalue weighted by molar-refractivity contribution is 0.172. The predicted molar refractivity (Wildman–Crippen MR) is 98.2 cm³/mol. The Kier molecular flexibility index (Phi) is 3.76. The molecule has 0 saturated carbocycles. The van der Waals surface area contributed by atoms with Crippen molar-refractivity contribution in [2.75, 3.05) is 0 Å². The minimum atomic E-state index is -0.0300. The van der Waals surface area contributed by atoms with Crippen LogP contribution in [0.1, 0.15) is 49.5 Å². The lowest BCUT2D eigenvalue weighted by atomic mass is 9.95. The van der Waals surface area contributed by atoms with Crippen LogP contribution in [0.2, 0.25) is 0 Å². The number of benzene rings is 1. The summed E-state index contributed by atoms with van der Waals surface area (Å²) in [6.45, 7) is 0.889. The first kappa shape index (κ1) is 15.6. The smallest absolute Gasteiger partial charge is 0.318 e. The van der Waals surface area contributed by atoms with Crippen LogP contribution in [-0.2, 0) is 6.54 Å². The zero-order valence-electron chi connectivity index (χ0n) is 14.7. The molecule has 6 heteroatoms. The number of fused-ring (bicyclic) bond motifs is 3. The molecule has 0 unspecified atom stereocenters. The van der Waals surface area contributed by atoms with Crippen LogP contribution in [-0.4, -0.2) is 37.8 Å². The van der Waals surface area contributed by atoms with Crippen molar-refractivity contribution in [3.63, 3.8) is 0 Å². The minimum absolute atomic E-state index is 0.0300. The second-order valence-electron chi connectivity index (χ2n) is 7.45. The highest BCUT2D eigenvalue weighted by atomic mass is 16.2. The van der Waals surface area contributed by atoms with E-state index in [4.69, 9.17) is 0 Å². The Morgan fingerprint density at radius 2 is 2.04 bits per heavy atom. The van der Waals surface area contributed by atoms with Gasteiger partial charge in [0.05, 0.1) is 12.1 Å². The van der Waals surface area contributed by atoms with Crippen molar-refractivity contribution in [2.24, 2.45) is 0 Å². The molecule has 3 aliphatic rings. The summed E-state index contributed by atoms with van der Waals surface area (Å²) in [6, 6.07) is 11.0. The number of urea groups is 1. The molecule has 2 bridgehead atoms. The maximum atomic E-state index is 13.0. The molecule has 1 aromatic carbocycles. The summed E-state index contributed by atoms with van der Waals surface area (Å²) in [4.78, 5) is 19.4. The van der Waals surface area contributed by atoms with Crippen molar-refractivity contribution in [3.05, 3.63) is 54.1 Å². The highest BCUT2D eigenvalue weighted by Crippen LogP contribution is 2.38. The lowest BCUT2D eigenvalue weighted by Crippen LogP contribution is -2.49. The third kappa shape index (κ3) is 2.60. The van der Waals surface area contributed by atoms with Crippen molar-refractivity contribution in [3.8, 4) is 0 Å². The highest BCUT2D eigenvalue weighted by Gasteiger charge is 2.40. The van der Waals surface area contributed by atoms with Crippen molar-refractivity contribution in [2.45, 2.75) is 56.8 Å². The molecular weight excluding hydrogens is 326 g/mol. The molecule has 0 aliphatic carbocycles. The summed E-state index contributed by atoms with van der Waals surface area (Å²) in [6.07, 6.45) is 8.89. The van der Waals surface area contributed by atoms with Crippen molar-refractivity contribution in [1.82, 2.24) is 25.0 Å². The van der Waals surface area contributed by atoms with E-state index in [9.17, 15) is 4.79 Å². The quantitative estimate of drug-likeness (QED) is 0.906. The molecule has 2 aromatic rings. The number of carbonyl (C=O) groups excluding carboxylic acids is 1. The maximum absolute atomic E-state index is 13.0. The molecule has 4 heterocycles. The topological polar surface area (TPSA) is 63.1 Å². The summed E-state index contributed by atoms with van der Waals surface area (Å²) >= 11 is 0. The molecule has 3 aliphatic heterocycles. The van der Waals surface area contributed by atoms with Gasteiger partial charge >= 0.3 is 6.03 Å². The van der Waals surface area contributed by atoms with Gasteiger partial charge in [-0.05, 0) is 43.2 Å². The summed E-state index contributed by atoms with van der Waals surface area (Å²) in [5.74, 6) is 0.884. The molecule has 0 radical (unpaired) electrons. The van der Waals surface area contributed by atoms with Crippen LogP contribution in [0.4, 0.5) is 4.79 Å². The van der Waals surface area contributed by atoms with E-state index in [2.05, 4.69) is 50.6 Å². The van der Waals surface area contributed by atoms with Gasteiger partial charge in [-0.3, -0.25) is 0 Å². The molecule has 6 nitrogen and oxygen atoms in total. The summed E-state index contributed by atoms with van der Waals surface area (Å²) < 4.78 is 1.91. The summed E-state index contributed by atoms with van der Waals surface area (Å²) in [5.41, 5.74) is 2.66. The van der Waals surface area contributed by atoms with E-state index in [1.807, 2.05) is 10.7 Å². The number of aromatic nitrogens is 3. The Labute approximate surface area is 152 Å². The van der Waals surface area contributed by atoms with E-state index in [-0.39, 0.29) is 18.1 Å². The number of amides is 2. The van der Waals surface area contributed by atoms with Crippen LogP contribution >= 0.6 is 0 Å². The van der Waals surface area contributed by atoms with Gasteiger partial charge in [0.25, 0.3) is 0 Å². The molecule has 3 atom stereocenters. The third-order valence-electron chi connectivity index (χ3n) is 5.89. The number of carbonyl (C=O) groups is 1. The number of hydrogen-bond acceptors (Lipinski definition) is 3. The lowest BCUT2D eigenvalue weighted by Gasteiger charge is -2.35. The number of hydrogen-bond donors (Lipinski definition) is 1.